The first-order valence-corrected chi connectivity index (χ1v) is 4.81. The molecule has 0 spiro atoms. The molecule has 2 rings (SSSR count). The zero-order chi connectivity index (χ0) is 9.97. The fraction of sp³-hybridized carbons (Fsp3) is 0.500. The molecule has 0 radical (unpaired) electrons. The fourth-order valence-electron chi connectivity index (χ4n) is 1.81. The van der Waals surface area contributed by atoms with Crippen molar-refractivity contribution < 1.29 is 4.39 Å². The molecule has 0 amide bonds. The van der Waals surface area contributed by atoms with Crippen molar-refractivity contribution in [2.24, 2.45) is 5.73 Å². The van der Waals surface area contributed by atoms with Crippen molar-refractivity contribution in [2.75, 3.05) is 13.1 Å². The largest absolute Gasteiger partial charge is 0.326 e. The van der Waals surface area contributed by atoms with Crippen molar-refractivity contribution in [3.8, 4) is 0 Å². The average Bonchev–Trinajstić information content (AvgIpc) is 2.51. The van der Waals surface area contributed by atoms with E-state index in [1.165, 1.54) is 12.3 Å². The first-order chi connectivity index (χ1) is 6.74. The van der Waals surface area contributed by atoms with Crippen LogP contribution >= 0.6 is 0 Å². The molecule has 0 bridgehead atoms. The van der Waals surface area contributed by atoms with Gasteiger partial charge in [0.1, 0.15) is 5.82 Å². The van der Waals surface area contributed by atoms with Crippen LogP contribution in [0.15, 0.2) is 18.5 Å². The minimum Gasteiger partial charge on any atom is -0.326 e. The monoisotopic (exact) mass is 195 g/mol. The summed E-state index contributed by atoms with van der Waals surface area (Å²) < 4.78 is 12.8. The van der Waals surface area contributed by atoms with Crippen molar-refractivity contribution in [3.63, 3.8) is 0 Å². The van der Waals surface area contributed by atoms with Crippen molar-refractivity contribution in [1.82, 2.24) is 9.88 Å². The summed E-state index contributed by atoms with van der Waals surface area (Å²) in [7, 11) is 0. The number of rotatable bonds is 2. The Bertz CT molecular complexity index is 316. The number of hydrogen-bond acceptors (Lipinski definition) is 3. The van der Waals surface area contributed by atoms with Gasteiger partial charge >= 0.3 is 0 Å². The molecular weight excluding hydrogens is 181 g/mol. The molecule has 0 unspecified atom stereocenters. The molecule has 2 N–H and O–H groups in total. The molecule has 1 saturated heterocycles. The lowest BCUT2D eigenvalue weighted by atomic mass is 10.2. The lowest BCUT2D eigenvalue weighted by molar-refractivity contribution is 0.326. The first kappa shape index (κ1) is 9.55. The molecule has 14 heavy (non-hydrogen) atoms. The minimum atomic E-state index is -0.272. The van der Waals surface area contributed by atoms with Crippen LogP contribution in [0.2, 0.25) is 0 Å². The number of nitrogens with two attached hydrogens (primary N) is 1. The predicted molar refractivity (Wildman–Crippen MR) is 52.1 cm³/mol. The highest BCUT2D eigenvalue weighted by Crippen LogP contribution is 2.11. The maximum absolute atomic E-state index is 12.8. The number of pyridine rings is 1. The molecule has 1 fully saturated rings. The van der Waals surface area contributed by atoms with Gasteiger partial charge in [0.15, 0.2) is 0 Å². The van der Waals surface area contributed by atoms with E-state index in [9.17, 15) is 4.39 Å². The zero-order valence-electron chi connectivity index (χ0n) is 7.99. The number of hydrogen-bond donors (Lipinski definition) is 1. The van der Waals surface area contributed by atoms with Crippen LogP contribution in [0.25, 0.3) is 0 Å². The molecular formula is C10H14FN3. The van der Waals surface area contributed by atoms with E-state index in [4.69, 9.17) is 5.73 Å². The topological polar surface area (TPSA) is 42.1 Å². The van der Waals surface area contributed by atoms with Crippen molar-refractivity contribution in [1.29, 1.82) is 0 Å². The van der Waals surface area contributed by atoms with E-state index < -0.39 is 0 Å². The van der Waals surface area contributed by atoms with Gasteiger partial charge in [-0.3, -0.25) is 9.88 Å². The number of aromatic nitrogens is 1. The van der Waals surface area contributed by atoms with Gasteiger partial charge in [0.25, 0.3) is 0 Å². The van der Waals surface area contributed by atoms with Crippen LogP contribution in [-0.4, -0.2) is 29.0 Å². The van der Waals surface area contributed by atoms with Gasteiger partial charge in [-0.1, -0.05) is 0 Å². The SMILES string of the molecule is N[C@H]1CCN(Cc2cncc(F)c2)C1. The molecule has 1 aliphatic rings. The molecule has 1 aliphatic heterocycles. The Kier molecular flexibility index (Phi) is 2.74. The van der Waals surface area contributed by atoms with E-state index >= 15 is 0 Å². The van der Waals surface area contributed by atoms with E-state index in [0.29, 0.717) is 0 Å². The second kappa shape index (κ2) is 4.02. The third kappa shape index (κ3) is 2.27. The first-order valence-electron chi connectivity index (χ1n) is 4.81. The standard InChI is InChI=1S/C10H14FN3/c11-9-3-8(4-13-5-9)6-14-2-1-10(12)7-14/h3-5,10H,1-2,6-7,12H2/t10-/m0/s1. The zero-order valence-corrected chi connectivity index (χ0v) is 7.99. The van der Waals surface area contributed by atoms with Crippen LogP contribution in [0.3, 0.4) is 0 Å². The highest BCUT2D eigenvalue weighted by Gasteiger charge is 2.18. The maximum atomic E-state index is 12.8. The van der Waals surface area contributed by atoms with E-state index in [1.54, 1.807) is 6.20 Å². The third-order valence-corrected chi connectivity index (χ3v) is 2.48. The Morgan fingerprint density at radius 1 is 1.57 bits per heavy atom. The summed E-state index contributed by atoms with van der Waals surface area (Å²) in [6.07, 6.45) is 3.95. The lowest BCUT2D eigenvalue weighted by Crippen LogP contribution is -2.26. The maximum Gasteiger partial charge on any atom is 0.141 e. The van der Waals surface area contributed by atoms with Gasteiger partial charge in [-0.25, -0.2) is 4.39 Å². The second-order valence-electron chi connectivity index (χ2n) is 3.80. The van der Waals surface area contributed by atoms with Gasteiger partial charge in [-0.05, 0) is 18.1 Å². The molecule has 0 aromatic carbocycles. The Morgan fingerprint density at radius 2 is 2.43 bits per heavy atom. The Morgan fingerprint density at radius 3 is 3.07 bits per heavy atom. The third-order valence-electron chi connectivity index (χ3n) is 2.48. The Labute approximate surface area is 82.7 Å². The van der Waals surface area contributed by atoms with Crippen LogP contribution in [0.1, 0.15) is 12.0 Å². The quantitative estimate of drug-likeness (QED) is 0.757. The van der Waals surface area contributed by atoms with E-state index in [1.807, 2.05) is 0 Å². The molecule has 0 aliphatic carbocycles. The summed E-state index contributed by atoms with van der Waals surface area (Å²) in [6.45, 7) is 2.65. The van der Waals surface area contributed by atoms with Crippen molar-refractivity contribution in [3.05, 3.63) is 29.8 Å². The van der Waals surface area contributed by atoms with Crippen LogP contribution in [0.5, 0.6) is 0 Å². The number of halogens is 1. The number of likely N-dealkylation sites (tertiary alicyclic amines) is 1. The van der Waals surface area contributed by atoms with Crippen LogP contribution in [0.4, 0.5) is 4.39 Å². The van der Waals surface area contributed by atoms with Crippen molar-refractivity contribution >= 4 is 0 Å². The summed E-state index contributed by atoms with van der Waals surface area (Å²) in [5.74, 6) is -0.272. The summed E-state index contributed by atoms with van der Waals surface area (Å²) in [5.41, 5.74) is 6.69. The molecule has 3 nitrogen and oxygen atoms in total. The summed E-state index contributed by atoms with van der Waals surface area (Å²) in [5, 5.41) is 0. The van der Waals surface area contributed by atoms with E-state index in [0.717, 1.165) is 31.6 Å². The summed E-state index contributed by atoms with van der Waals surface area (Å²) in [4.78, 5) is 6.04. The van der Waals surface area contributed by atoms with Gasteiger partial charge in [0, 0.05) is 31.9 Å². The molecule has 1 atom stereocenters. The summed E-state index contributed by atoms with van der Waals surface area (Å²) in [6, 6.07) is 1.80. The van der Waals surface area contributed by atoms with Gasteiger partial charge in [-0.2, -0.15) is 0 Å². The highest BCUT2D eigenvalue weighted by molar-refractivity contribution is 5.10. The van der Waals surface area contributed by atoms with Gasteiger partial charge in [0.05, 0.1) is 6.20 Å². The van der Waals surface area contributed by atoms with Gasteiger partial charge in [0.2, 0.25) is 0 Å². The average molecular weight is 195 g/mol. The van der Waals surface area contributed by atoms with E-state index in [2.05, 4.69) is 9.88 Å². The van der Waals surface area contributed by atoms with Crippen LogP contribution < -0.4 is 5.73 Å². The van der Waals surface area contributed by atoms with Crippen LogP contribution in [-0.2, 0) is 6.54 Å². The molecule has 1 aromatic rings. The fourth-order valence-corrected chi connectivity index (χ4v) is 1.81. The van der Waals surface area contributed by atoms with E-state index in [-0.39, 0.29) is 11.9 Å². The normalized spacial score (nSPS) is 22.9. The smallest absolute Gasteiger partial charge is 0.141 e. The second-order valence-corrected chi connectivity index (χ2v) is 3.80. The molecule has 0 saturated carbocycles. The van der Waals surface area contributed by atoms with Gasteiger partial charge in [-0.15, -0.1) is 0 Å². The molecule has 76 valence electrons. The molecule has 2 heterocycles. The minimum absolute atomic E-state index is 0.272. The van der Waals surface area contributed by atoms with Crippen molar-refractivity contribution in [2.45, 2.75) is 19.0 Å². The Hall–Kier alpha value is -1.00. The summed E-state index contributed by atoms with van der Waals surface area (Å²) >= 11 is 0. The van der Waals surface area contributed by atoms with Gasteiger partial charge < -0.3 is 5.73 Å². The molecule has 1 aromatic heterocycles. The molecule has 4 heteroatoms. The highest BCUT2D eigenvalue weighted by atomic mass is 19.1. The predicted octanol–water partition coefficient (Wildman–Crippen LogP) is 0.754. The number of nitrogens with zero attached hydrogens (tertiary/aromatic N) is 2. The lowest BCUT2D eigenvalue weighted by Gasteiger charge is -2.14. The van der Waals surface area contributed by atoms with Crippen LogP contribution in [0, 0.1) is 5.82 Å². The Balaban J connectivity index is 1.97.